The Hall–Kier alpha value is -3.62. The molecule has 9 nitrogen and oxygen atoms in total. The summed E-state index contributed by atoms with van der Waals surface area (Å²) in [6, 6.07) is 9.12. The number of carboxylic acid groups (broad SMARTS) is 1. The number of aromatic nitrogens is 3. The van der Waals surface area contributed by atoms with Gasteiger partial charge >= 0.3 is 5.97 Å². The van der Waals surface area contributed by atoms with Gasteiger partial charge in [0.25, 0.3) is 11.5 Å². The molecule has 3 N–H and O–H groups in total. The molecule has 0 aliphatic heterocycles. The molecule has 0 spiro atoms. The van der Waals surface area contributed by atoms with Crippen molar-refractivity contribution >= 4 is 17.5 Å². The standard InChI is InChI=1S/C16H14N4O5/c1-19-16(25)12(15(24)17-7-11(21)22)13(23)14-18-10(8-20(14)19)9-5-3-2-4-6-9/h2-6,8,23H,7H2,1H3,(H,17,24)(H,21,22). The average Bonchev–Trinajstić information content (AvgIpc) is 3.05. The van der Waals surface area contributed by atoms with Crippen LogP contribution in [0.5, 0.6) is 5.75 Å². The number of carboxylic acids is 1. The van der Waals surface area contributed by atoms with Crippen molar-refractivity contribution in [1.29, 1.82) is 0 Å². The molecule has 1 aromatic carbocycles. The van der Waals surface area contributed by atoms with Crippen LogP contribution in [0.25, 0.3) is 16.9 Å². The number of hydrogen-bond acceptors (Lipinski definition) is 5. The molecule has 2 aromatic heterocycles. The van der Waals surface area contributed by atoms with Crippen LogP contribution in [0.2, 0.25) is 0 Å². The highest BCUT2D eigenvalue weighted by Crippen LogP contribution is 2.24. The Morgan fingerprint density at radius 2 is 1.92 bits per heavy atom. The van der Waals surface area contributed by atoms with Crippen molar-refractivity contribution in [2.45, 2.75) is 0 Å². The van der Waals surface area contributed by atoms with Gasteiger partial charge in [0.2, 0.25) is 0 Å². The van der Waals surface area contributed by atoms with Crippen LogP contribution in [0, 0.1) is 0 Å². The predicted octanol–water partition coefficient (Wildman–Crippen LogP) is 0.220. The zero-order valence-electron chi connectivity index (χ0n) is 13.1. The first-order valence-corrected chi connectivity index (χ1v) is 7.27. The van der Waals surface area contributed by atoms with Crippen molar-refractivity contribution in [3.63, 3.8) is 0 Å². The van der Waals surface area contributed by atoms with E-state index in [1.165, 1.54) is 11.6 Å². The van der Waals surface area contributed by atoms with E-state index in [9.17, 15) is 19.5 Å². The van der Waals surface area contributed by atoms with Gasteiger partial charge in [-0.3, -0.25) is 14.4 Å². The van der Waals surface area contributed by atoms with Crippen LogP contribution in [-0.4, -0.2) is 42.8 Å². The lowest BCUT2D eigenvalue weighted by Gasteiger charge is -2.09. The third-order valence-electron chi connectivity index (χ3n) is 3.66. The van der Waals surface area contributed by atoms with Crippen LogP contribution >= 0.6 is 0 Å². The molecule has 0 atom stereocenters. The normalized spacial score (nSPS) is 10.8. The van der Waals surface area contributed by atoms with Gasteiger partial charge < -0.3 is 15.5 Å². The van der Waals surface area contributed by atoms with E-state index in [-0.39, 0.29) is 5.65 Å². The second-order valence-electron chi connectivity index (χ2n) is 5.29. The summed E-state index contributed by atoms with van der Waals surface area (Å²) >= 11 is 0. The molecule has 1 amide bonds. The lowest BCUT2D eigenvalue weighted by Crippen LogP contribution is -2.36. The number of aliphatic carboxylic acids is 1. The number of benzene rings is 1. The third kappa shape index (κ3) is 2.82. The van der Waals surface area contributed by atoms with Gasteiger partial charge in [0.05, 0.1) is 11.9 Å². The molecular weight excluding hydrogens is 328 g/mol. The minimum atomic E-state index is -1.27. The van der Waals surface area contributed by atoms with E-state index in [0.717, 1.165) is 10.2 Å². The maximum atomic E-state index is 12.4. The Balaban J connectivity index is 2.16. The zero-order valence-corrected chi connectivity index (χ0v) is 13.1. The highest BCUT2D eigenvalue weighted by atomic mass is 16.4. The van der Waals surface area contributed by atoms with E-state index < -0.39 is 35.3 Å². The number of imidazole rings is 1. The molecule has 0 unspecified atom stereocenters. The Morgan fingerprint density at radius 1 is 1.24 bits per heavy atom. The van der Waals surface area contributed by atoms with E-state index >= 15 is 0 Å². The van der Waals surface area contributed by atoms with Crippen molar-refractivity contribution in [3.05, 3.63) is 52.4 Å². The first-order chi connectivity index (χ1) is 11.9. The largest absolute Gasteiger partial charge is 0.504 e. The van der Waals surface area contributed by atoms with E-state index in [1.54, 1.807) is 6.20 Å². The number of rotatable bonds is 4. The van der Waals surface area contributed by atoms with Gasteiger partial charge in [-0.15, -0.1) is 0 Å². The lowest BCUT2D eigenvalue weighted by atomic mass is 10.2. The summed E-state index contributed by atoms with van der Waals surface area (Å²) in [4.78, 5) is 39.3. The molecular formula is C16H14N4O5. The molecule has 9 heteroatoms. The summed E-state index contributed by atoms with van der Waals surface area (Å²) in [6.45, 7) is -0.670. The fraction of sp³-hybridized carbons (Fsp3) is 0.125. The molecule has 0 aliphatic carbocycles. The second-order valence-corrected chi connectivity index (χ2v) is 5.29. The molecule has 0 radical (unpaired) electrons. The minimum absolute atomic E-state index is 0.0152. The summed E-state index contributed by atoms with van der Waals surface area (Å²) in [5, 5.41) is 21.0. The zero-order chi connectivity index (χ0) is 18.1. The van der Waals surface area contributed by atoms with Crippen molar-refractivity contribution < 1.29 is 19.8 Å². The molecule has 25 heavy (non-hydrogen) atoms. The first-order valence-electron chi connectivity index (χ1n) is 7.27. The van der Waals surface area contributed by atoms with Gasteiger partial charge in [-0.25, -0.2) is 14.2 Å². The predicted molar refractivity (Wildman–Crippen MR) is 87.5 cm³/mol. The van der Waals surface area contributed by atoms with Gasteiger partial charge in [-0.2, -0.15) is 0 Å². The highest BCUT2D eigenvalue weighted by Gasteiger charge is 2.23. The van der Waals surface area contributed by atoms with E-state index in [1.807, 2.05) is 30.3 Å². The topological polar surface area (TPSA) is 126 Å². The number of nitrogens with zero attached hydrogens (tertiary/aromatic N) is 3. The highest BCUT2D eigenvalue weighted by molar-refractivity contribution is 5.99. The molecule has 0 aliphatic rings. The van der Waals surface area contributed by atoms with Crippen LogP contribution in [0.1, 0.15) is 10.4 Å². The van der Waals surface area contributed by atoms with E-state index in [2.05, 4.69) is 10.3 Å². The average molecular weight is 342 g/mol. The van der Waals surface area contributed by atoms with Gasteiger partial charge in [0.1, 0.15) is 6.54 Å². The Kier molecular flexibility index (Phi) is 3.97. The number of aryl methyl sites for hydroxylation is 1. The van der Waals surface area contributed by atoms with Gasteiger partial charge in [-0.05, 0) is 0 Å². The van der Waals surface area contributed by atoms with Crippen molar-refractivity contribution in [2.75, 3.05) is 6.54 Å². The van der Waals surface area contributed by atoms with E-state index in [0.29, 0.717) is 5.69 Å². The Morgan fingerprint density at radius 3 is 2.56 bits per heavy atom. The van der Waals surface area contributed by atoms with Crippen LogP contribution in [0.3, 0.4) is 0 Å². The smallest absolute Gasteiger partial charge is 0.322 e. The number of aromatic hydroxyl groups is 1. The second kappa shape index (κ2) is 6.11. The molecule has 0 bridgehead atoms. The van der Waals surface area contributed by atoms with E-state index in [4.69, 9.17) is 5.11 Å². The Bertz CT molecular complexity index is 1040. The summed E-state index contributed by atoms with van der Waals surface area (Å²) < 4.78 is 2.44. The number of hydrogen-bond donors (Lipinski definition) is 3. The number of carbonyl (C=O) groups excluding carboxylic acids is 1. The van der Waals surface area contributed by atoms with Crippen molar-refractivity contribution in [1.82, 2.24) is 19.5 Å². The molecule has 0 saturated heterocycles. The minimum Gasteiger partial charge on any atom is -0.504 e. The molecule has 2 heterocycles. The van der Waals surface area contributed by atoms with Crippen molar-refractivity contribution in [2.24, 2.45) is 7.05 Å². The molecule has 128 valence electrons. The third-order valence-corrected chi connectivity index (χ3v) is 3.66. The van der Waals surface area contributed by atoms with Gasteiger partial charge in [-0.1, -0.05) is 30.3 Å². The number of carbonyl (C=O) groups is 2. The van der Waals surface area contributed by atoms with Crippen molar-refractivity contribution in [3.8, 4) is 17.0 Å². The lowest BCUT2D eigenvalue weighted by molar-refractivity contribution is -0.135. The number of fused-ring (bicyclic) bond motifs is 1. The maximum Gasteiger partial charge on any atom is 0.322 e. The summed E-state index contributed by atoms with van der Waals surface area (Å²) in [5.41, 5.74) is -0.0308. The fourth-order valence-corrected chi connectivity index (χ4v) is 2.43. The molecule has 0 fully saturated rings. The summed E-state index contributed by atoms with van der Waals surface area (Å²) in [7, 11) is 1.42. The van der Waals surface area contributed by atoms with Crippen LogP contribution < -0.4 is 10.9 Å². The molecule has 3 rings (SSSR count). The first kappa shape index (κ1) is 16.2. The van der Waals surface area contributed by atoms with Crippen LogP contribution in [0.15, 0.2) is 41.3 Å². The number of amides is 1. The fourth-order valence-electron chi connectivity index (χ4n) is 2.43. The maximum absolute atomic E-state index is 12.4. The van der Waals surface area contributed by atoms with Gasteiger partial charge in [0, 0.05) is 12.6 Å². The monoisotopic (exact) mass is 342 g/mol. The van der Waals surface area contributed by atoms with Crippen LogP contribution in [-0.2, 0) is 11.8 Å². The molecule has 3 aromatic rings. The summed E-state index contributed by atoms with van der Waals surface area (Å²) in [6.07, 6.45) is 1.56. The van der Waals surface area contributed by atoms with Crippen LogP contribution in [0.4, 0.5) is 0 Å². The number of nitrogens with one attached hydrogen (secondary N) is 1. The SMILES string of the molecule is Cn1c(=O)c(C(=O)NCC(=O)O)c(O)c2nc(-c3ccccc3)cn21. The quantitative estimate of drug-likeness (QED) is 0.623. The van der Waals surface area contributed by atoms with Gasteiger partial charge in [0.15, 0.2) is 17.0 Å². The molecule has 0 saturated carbocycles. The Labute approximate surface area is 140 Å². The summed E-state index contributed by atoms with van der Waals surface area (Å²) in [5.74, 6) is -2.85.